The SMILES string of the molecule is Cc1nc2c(OCc3c(F)cccc3F)cccn2c1C(=O)NCC(C)(N)COCc1ccccc1. The maximum absolute atomic E-state index is 14.0. The van der Waals surface area contributed by atoms with Crippen LogP contribution in [-0.2, 0) is 18.0 Å². The molecule has 1 amide bonds. The molecular weight excluding hydrogens is 466 g/mol. The summed E-state index contributed by atoms with van der Waals surface area (Å²) >= 11 is 0. The average Bonchev–Trinajstić information content (AvgIpc) is 3.19. The van der Waals surface area contributed by atoms with Crippen molar-refractivity contribution in [3.05, 3.63) is 101 Å². The van der Waals surface area contributed by atoms with Crippen LogP contribution in [0.25, 0.3) is 5.65 Å². The molecule has 2 heterocycles. The van der Waals surface area contributed by atoms with E-state index >= 15 is 0 Å². The van der Waals surface area contributed by atoms with E-state index in [2.05, 4.69) is 10.3 Å². The lowest BCUT2D eigenvalue weighted by atomic mass is 10.1. The Labute approximate surface area is 207 Å². The fraction of sp³-hybridized carbons (Fsp3) is 0.259. The van der Waals surface area contributed by atoms with Crippen LogP contribution in [-0.4, -0.2) is 34.0 Å². The van der Waals surface area contributed by atoms with E-state index < -0.39 is 17.2 Å². The van der Waals surface area contributed by atoms with Crippen LogP contribution in [0, 0.1) is 18.6 Å². The number of ether oxygens (including phenoxy) is 2. The maximum Gasteiger partial charge on any atom is 0.270 e. The number of aromatic nitrogens is 2. The van der Waals surface area contributed by atoms with E-state index in [1.54, 1.807) is 36.6 Å². The van der Waals surface area contributed by atoms with Crippen LogP contribution in [0.1, 0.15) is 34.2 Å². The van der Waals surface area contributed by atoms with E-state index in [-0.39, 0.29) is 31.2 Å². The van der Waals surface area contributed by atoms with Gasteiger partial charge in [-0.15, -0.1) is 0 Å². The smallest absolute Gasteiger partial charge is 0.270 e. The van der Waals surface area contributed by atoms with E-state index in [0.717, 1.165) is 5.56 Å². The first-order chi connectivity index (χ1) is 17.2. The average molecular weight is 495 g/mol. The third-order valence-electron chi connectivity index (χ3n) is 5.63. The number of nitrogens with one attached hydrogen (secondary N) is 1. The summed E-state index contributed by atoms with van der Waals surface area (Å²) in [7, 11) is 0. The molecule has 4 aromatic rings. The maximum atomic E-state index is 14.0. The van der Waals surface area contributed by atoms with Crippen molar-refractivity contribution in [2.45, 2.75) is 32.6 Å². The van der Waals surface area contributed by atoms with Crippen molar-refractivity contribution in [1.29, 1.82) is 0 Å². The molecule has 0 radical (unpaired) electrons. The van der Waals surface area contributed by atoms with E-state index in [0.29, 0.717) is 29.4 Å². The van der Waals surface area contributed by atoms with Gasteiger partial charge in [-0.2, -0.15) is 0 Å². The molecule has 2 aromatic heterocycles. The number of amides is 1. The molecule has 0 saturated carbocycles. The molecule has 0 fully saturated rings. The summed E-state index contributed by atoms with van der Waals surface area (Å²) in [5, 5.41) is 2.85. The van der Waals surface area contributed by atoms with Gasteiger partial charge in [-0.3, -0.25) is 9.20 Å². The van der Waals surface area contributed by atoms with Crippen molar-refractivity contribution in [1.82, 2.24) is 14.7 Å². The molecule has 0 saturated heterocycles. The van der Waals surface area contributed by atoms with Gasteiger partial charge < -0.3 is 20.5 Å². The third kappa shape index (κ3) is 5.87. The first-order valence-corrected chi connectivity index (χ1v) is 11.5. The van der Waals surface area contributed by atoms with Crippen LogP contribution in [0.5, 0.6) is 5.75 Å². The quantitative estimate of drug-likeness (QED) is 0.346. The van der Waals surface area contributed by atoms with E-state index in [9.17, 15) is 13.6 Å². The number of rotatable bonds is 10. The zero-order chi connectivity index (χ0) is 25.7. The molecule has 0 aliphatic rings. The molecule has 1 atom stereocenters. The Morgan fingerprint density at radius 2 is 1.78 bits per heavy atom. The van der Waals surface area contributed by atoms with E-state index in [4.69, 9.17) is 15.2 Å². The zero-order valence-electron chi connectivity index (χ0n) is 20.1. The molecule has 0 aliphatic carbocycles. The van der Waals surface area contributed by atoms with Crippen molar-refractivity contribution >= 4 is 11.6 Å². The number of halogens is 2. The van der Waals surface area contributed by atoms with Gasteiger partial charge in [0.1, 0.15) is 23.9 Å². The number of carbonyl (C=O) groups is 1. The summed E-state index contributed by atoms with van der Waals surface area (Å²) in [6.07, 6.45) is 1.67. The van der Waals surface area contributed by atoms with Crippen molar-refractivity contribution < 1.29 is 23.0 Å². The van der Waals surface area contributed by atoms with Crippen LogP contribution in [0.4, 0.5) is 8.78 Å². The number of hydrogen-bond acceptors (Lipinski definition) is 5. The Bertz CT molecular complexity index is 1340. The normalized spacial score (nSPS) is 12.9. The number of hydrogen-bond donors (Lipinski definition) is 2. The number of pyridine rings is 1. The third-order valence-corrected chi connectivity index (χ3v) is 5.63. The number of imidazole rings is 1. The predicted molar refractivity (Wildman–Crippen MR) is 132 cm³/mol. The fourth-order valence-corrected chi connectivity index (χ4v) is 3.76. The molecular formula is C27H28F2N4O3. The highest BCUT2D eigenvalue weighted by Crippen LogP contribution is 2.24. The monoisotopic (exact) mass is 494 g/mol. The standard InChI is InChI=1S/C27H28F2N4O3/c1-18-24(26(34)31-16-27(2,30)17-35-14-19-8-4-3-5-9-19)33-13-7-12-23(25(33)32-18)36-15-20-21(28)10-6-11-22(20)29/h3-13H,14-17,30H2,1-2H3,(H,31,34). The molecule has 36 heavy (non-hydrogen) atoms. The Kier molecular flexibility index (Phi) is 7.61. The van der Waals surface area contributed by atoms with Crippen molar-refractivity contribution in [3.63, 3.8) is 0 Å². The highest BCUT2D eigenvalue weighted by Gasteiger charge is 2.24. The lowest BCUT2D eigenvalue weighted by Gasteiger charge is -2.25. The first kappa shape index (κ1) is 25.3. The summed E-state index contributed by atoms with van der Waals surface area (Å²) in [6, 6.07) is 16.7. The Morgan fingerprint density at radius 1 is 1.06 bits per heavy atom. The second kappa shape index (κ2) is 10.8. The van der Waals surface area contributed by atoms with Crippen LogP contribution in [0.3, 0.4) is 0 Å². The van der Waals surface area contributed by atoms with Gasteiger partial charge in [0.05, 0.1) is 30.0 Å². The molecule has 188 valence electrons. The lowest BCUT2D eigenvalue weighted by molar-refractivity contribution is 0.0744. The van der Waals surface area contributed by atoms with Crippen LogP contribution in [0.15, 0.2) is 66.9 Å². The molecule has 4 rings (SSSR count). The van der Waals surface area contributed by atoms with E-state index in [1.807, 2.05) is 30.3 Å². The van der Waals surface area contributed by atoms with Gasteiger partial charge >= 0.3 is 0 Å². The summed E-state index contributed by atoms with van der Waals surface area (Å²) < 4.78 is 40.9. The molecule has 0 aliphatic heterocycles. The second-order valence-corrected chi connectivity index (χ2v) is 8.92. The van der Waals surface area contributed by atoms with Gasteiger partial charge in [-0.25, -0.2) is 13.8 Å². The second-order valence-electron chi connectivity index (χ2n) is 8.92. The van der Waals surface area contributed by atoms with Gasteiger partial charge in [0, 0.05) is 12.7 Å². The lowest BCUT2D eigenvalue weighted by Crippen LogP contribution is -2.51. The highest BCUT2D eigenvalue weighted by molar-refractivity contribution is 5.95. The largest absolute Gasteiger partial charge is 0.485 e. The van der Waals surface area contributed by atoms with Crippen molar-refractivity contribution in [2.75, 3.05) is 13.2 Å². The number of aryl methyl sites for hydroxylation is 1. The Hall–Kier alpha value is -3.82. The molecule has 2 aromatic carbocycles. The summed E-state index contributed by atoms with van der Waals surface area (Å²) in [6.45, 7) is 4.03. The van der Waals surface area contributed by atoms with Gasteiger partial charge in [0.2, 0.25) is 0 Å². The number of nitrogens with zero attached hydrogens (tertiary/aromatic N) is 2. The summed E-state index contributed by atoms with van der Waals surface area (Å²) in [5.41, 5.74) is 7.54. The molecule has 3 N–H and O–H groups in total. The predicted octanol–water partition coefficient (Wildman–Crippen LogP) is 4.16. The van der Waals surface area contributed by atoms with Crippen LogP contribution >= 0.6 is 0 Å². The molecule has 0 bridgehead atoms. The number of benzene rings is 2. The Morgan fingerprint density at radius 3 is 2.50 bits per heavy atom. The highest BCUT2D eigenvalue weighted by atomic mass is 19.1. The van der Waals surface area contributed by atoms with Gasteiger partial charge in [-0.05, 0) is 43.7 Å². The minimum Gasteiger partial charge on any atom is -0.485 e. The van der Waals surface area contributed by atoms with Crippen LogP contribution in [0.2, 0.25) is 0 Å². The zero-order valence-corrected chi connectivity index (χ0v) is 20.1. The van der Waals surface area contributed by atoms with Crippen LogP contribution < -0.4 is 15.8 Å². The molecule has 1 unspecified atom stereocenters. The molecule has 7 nitrogen and oxygen atoms in total. The molecule has 9 heteroatoms. The topological polar surface area (TPSA) is 90.9 Å². The Balaban J connectivity index is 1.42. The van der Waals surface area contributed by atoms with Crippen molar-refractivity contribution in [2.24, 2.45) is 5.73 Å². The van der Waals surface area contributed by atoms with E-state index in [1.165, 1.54) is 18.2 Å². The minimum absolute atomic E-state index is 0.177. The summed E-state index contributed by atoms with van der Waals surface area (Å²) in [4.78, 5) is 17.5. The van der Waals surface area contributed by atoms with Crippen molar-refractivity contribution in [3.8, 4) is 5.75 Å². The fourth-order valence-electron chi connectivity index (χ4n) is 3.76. The van der Waals surface area contributed by atoms with Gasteiger partial charge in [-0.1, -0.05) is 36.4 Å². The first-order valence-electron chi connectivity index (χ1n) is 11.5. The molecule has 0 spiro atoms. The van der Waals surface area contributed by atoms with Gasteiger partial charge in [0.15, 0.2) is 11.4 Å². The number of fused-ring (bicyclic) bond motifs is 1. The van der Waals surface area contributed by atoms with Gasteiger partial charge in [0.25, 0.3) is 5.91 Å². The number of carbonyl (C=O) groups excluding carboxylic acids is 1. The summed E-state index contributed by atoms with van der Waals surface area (Å²) in [5.74, 6) is -1.46. The number of nitrogens with two attached hydrogens (primary N) is 1. The minimum atomic E-state index is -0.795.